The number of aromatic carboxylic acids is 1. The molecule has 3 rings (SSSR count). The van der Waals surface area contributed by atoms with Crippen molar-refractivity contribution >= 4 is 50.8 Å². The summed E-state index contributed by atoms with van der Waals surface area (Å²) in [7, 11) is 0. The standard InChI is InChI=1S/C21H16BrCl2NO3/c22-18-9-14(11-25-16-6-7-19(24)17(10-16)21(26)27)3-8-20(18)28-12-13-1-4-15(23)5-2-13/h1-10,25H,11-12H2,(H,26,27). The fourth-order valence-electron chi connectivity index (χ4n) is 2.52. The lowest BCUT2D eigenvalue weighted by Crippen LogP contribution is -2.03. The Hall–Kier alpha value is -2.21. The third kappa shape index (κ3) is 5.41. The highest BCUT2D eigenvalue weighted by Crippen LogP contribution is 2.28. The summed E-state index contributed by atoms with van der Waals surface area (Å²) in [5, 5.41) is 13.3. The van der Waals surface area contributed by atoms with E-state index in [0.717, 1.165) is 21.3 Å². The molecular weight excluding hydrogens is 465 g/mol. The maximum Gasteiger partial charge on any atom is 0.337 e. The molecular formula is C21H16BrCl2NO3. The Morgan fingerprint density at radius 3 is 2.39 bits per heavy atom. The van der Waals surface area contributed by atoms with Gasteiger partial charge in [0.1, 0.15) is 12.4 Å². The Morgan fingerprint density at radius 2 is 1.71 bits per heavy atom. The maximum absolute atomic E-state index is 11.2. The van der Waals surface area contributed by atoms with Gasteiger partial charge in [-0.2, -0.15) is 0 Å². The topological polar surface area (TPSA) is 58.6 Å². The Kier molecular flexibility index (Phi) is 6.83. The van der Waals surface area contributed by atoms with Gasteiger partial charge in [0.25, 0.3) is 0 Å². The second kappa shape index (κ2) is 9.32. The molecule has 0 atom stereocenters. The highest BCUT2D eigenvalue weighted by molar-refractivity contribution is 9.10. The lowest BCUT2D eigenvalue weighted by Gasteiger charge is -2.12. The lowest BCUT2D eigenvalue weighted by molar-refractivity contribution is 0.0697. The average molecular weight is 481 g/mol. The third-order valence-corrected chi connectivity index (χ3v) is 5.20. The number of hydrogen-bond acceptors (Lipinski definition) is 3. The summed E-state index contributed by atoms with van der Waals surface area (Å²) < 4.78 is 6.68. The molecule has 0 saturated carbocycles. The van der Waals surface area contributed by atoms with Crippen molar-refractivity contribution in [3.63, 3.8) is 0 Å². The number of rotatable bonds is 7. The first kappa shape index (κ1) is 20.5. The van der Waals surface area contributed by atoms with Gasteiger partial charge in [-0.05, 0) is 69.5 Å². The Labute approximate surface area is 181 Å². The molecule has 3 aromatic rings. The van der Waals surface area contributed by atoms with Crippen LogP contribution in [0.5, 0.6) is 5.75 Å². The summed E-state index contributed by atoms with van der Waals surface area (Å²) in [6, 6.07) is 18.1. The lowest BCUT2D eigenvalue weighted by atomic mass is 10.1. The first-order valence-electron chi connectivity index (χ1n) is 8.35. The normalized spacial score (nSPS) is 10.5. The van der Waals surface area contributed by atoms with Crippen LogP contribution in [0.1, 0.15) is 21.5 Å². The van der Waals surface area contributed by atoms with Crippen LogP contribution in [0.3, 0.4) is 0 Å². The minimum atomic E-state index is -1.06. The van der Waals surface area contributed by atoms with E-state index in [-0.39, 0.29) is 10.6 Å². The Morgan fingerprint density at radius 1 is 1.00 bits per heavy atom. The van der Waals surface area contributed by atoms with E-state index in [2.05, 4.69) is 21.2 Å². The van der Waals surface area contributed by atoms with Gasteiger partial charge in [0, 0.05) is 17.3 Å². The SMILES string of the molecule is O=C(O)c1cc(NCc2ccc(OCc3ccc(Cl)cc3)c(Br)c2)ccc1Cl. The van der Waals surface area contributed by atoms with Gasteiger partial charge in [-0.25, -0.2) is 4.79 Å². The number of carbonyl (C=O) groups is 1. The van der Waals surface area contributed by atoms with Crippen LogP contribution in [0.4, 0.5) is 5.69 Å². The molecule has 0 aliphatic carbocycles. The third-order valence-electron chi connectivity index (χ3n) is 4.00. The largest absolute Gasteiger partial charge is 0.488 e. The van der Waals surface area contributed by atoms with E-state index in [0.29, 0.717) is 23.9 Å². The Balaban J connectivity index is 1.61. The summed E-state index contributed by atoms with van der Waals surface area (Å²) in [6.45, 7) is 0.965. The second-order valence-electron chi connectivity index (χ2n) is 6.03. The van der Waals surface area contributed by atoms with Crippen molar-refractivity contribution in [2.75, 3.05) is 5.32 Å². The number of nitrogens with one attached hydrogen (secondary N) is 1. The zero-order valence-electron chi connectivity index (χ0n) is 14.6. The van der Waals surface area contributed by atoms with Crippen LogP contribution in [-0.2, 0) is 13.2 Å². The van der Waals surface area contributed by atoms with Crippen LogP contribution >= 0.6 is 39.1 Å². The van der Waals surface area contributed by atoms with E-state index < -0.39 is 5.97 Å². The molecule has 0 aromatic heterocycles. The molecule has 0 saturated heterocycles. The van der Waals surface area contributed by atoms with Crippen LogP contribution in [0.2, 0.25) is 10.0 Å². The van der Waals surface area contributed by atoms with Crippen molar-refractivity contribution in [1.29, 1.82) is 0 Å². The molecule has 0 radical (unpaired) electrons. The van der Waals surface area contributed by atoms with E-state index >= 15 is 0 Å². The molecule has 144 valence electrons. The molecule has 0 unspecified atom stereocenters. The molecule has 28 heavy (non-hydrogen) atoms. The number of hydrogen-bond donors (Lipinski definition) is 2. The summed E-state index contributed by atoms with van der Waals surface area (Å²) in [5.74, 6) is -0.322. The van der Waals surface area contributed by atoms with Crippen molar-refractivity contribution in [1.82, 2.24) is 0 Å². The number of anilines is 1. The molecule has 0 heterocycles. The van der Waals surface area contributed by atoms with Gasteiger partial charge in [-0.15, -0.1) is 0 Å². The summed E-state index contributed by atoms with van der Waals surface area (Å²) in [4.78, 5) is 11.2. The van der Waals surface area contributed by atoms with Crippen LogP contribution in [-0.4, -0.2) is 11.1 Å². The van der Waals surface area contributed by atoms with E-state index in [1.165, 1.54) is 6.07 Å². The zero-order chi connectivity index (χ0) is 20.1. The number of carboxylic acids is 1. The molecule has 0 bridgehead atoms. The van der Waals surface area contributed by atoms with Crippen molar-refractivity contribution in [2.24, 2.45) is 0 Å². The van der Waals surface area contributed by atoms with Gasteiger partial charge in [-0.3, -0.25) is 0 Å². The predicted molar refractivity (Wildman–Crippen MR) is 116 cm³/mol. The molecule has 0 aliphatic rings. The second-order valence-corrected chi connectivity index (χ2v) is 7.73. The summed E-state index contributed by atoms with van der Waals surface area (Å²) >= 11 is 15.3. The zero-order valence-corrected chi connectivity index (χ0v) is 17.7. The van der Waals surface area contributed by atoms with E-state index in [4.69, 9.17) is 33.0 Å². The van der Waals surface area contributed by atoms with Crippen LogP contribution in [0, 0.1) is 0 Å². The molecule has 2 N–H and O–H groups in total. The smallest absolute Gasteiger partial charge is 0.337 e. The van der Waals surface area contributed by atoms with E-state index in [9.17, 15) is 4.79 Å². The number of halogens is 3. The predicted octanol–water partition coefficient (Wildman–Crippen LogP) is 6.65. The molecule has 0 spiro atoms. The highest BCUT2D eigenvalue weighted by atomic mass is 79.9. The van der Waals surface area contributed by atoms with Crippen LogP contribution < -0.4 is 10.1 Å². The van der Waals surface area contributed by atoms with E-state index in [1.54, 1.807) is 12.1 Å². The van der Waals surface area contributed by atoms with Gasteiger partial charge in [0.05, 0.1) is 15.1 Å². The first-order valence-corrected chi connectivity index (χ1v) is 9.89. The van der Waals surface area contributed by atoms with Gasteiger partial charge < -0.3 is 15.2 Å². The van der Waals surface area contributed by atoms with E-state index in [1.807, 2.05) is 42.5 Å². The van der Waals surface area contributed by atoms with Gasteiger partial charge in [-0.1, -0.05) is 41.4 Å². The van der Waals surface area contributed by atoms with Gasteiger partial charge >= 0.3 is 5.97 Å². The van der Waals surface area contributed by atoms with Crippen molar-refractivity contribution < 1.29 is 14.6 Å². The number of benzene rings is 3. The number of carboxylic acid groups (broad SMARTS) is 1. The molecule has 7 heteroatoms. The first-order chi connectivity index (χ1) is 13.4. The van der Waals surface area contributed by atoms with Gasteiger partial charge in [0.15, 0.2) is 0 Å². The Bertz CT molecular complexity index is 993. The molecule has 0 amide bonds. The average Bonchev–Trinajstić information content (AvgIpc) is 2.67. The quantitative estimate of drug-likeness (QED) is 0.397. The molecule has 0 aliphatic heterocycles. The monoisotopic (exact) mass is 479 g/mol. The minimum absolute atomic E-state index is 0.0683. The minimum Gasteiger partial charge on any atom is -0.488 e. The molecule has 4 nitrogen and oxygen atoms in total. The van der Waals surface area contributed by atoms with Crippen LogP contribution in [0.25, 0.3) is 0 Å². The maximum atomic E-state index is 11.2. The van der Waals surface area contributed by atoms with Crippen LogP contribution in [0.15, 0.2) is 65.1 Å². The molecule has 0 fully saturated rings. The number of ether oxygens (including phenoxy) is 1. The fraction of sp³-hybridized carbons (Fsp3) is 0.0952. The fourth-order valence-corrected chi connectivity index (χ4v) is 3.38. The molecule has 3 aromatic carbocycles. The van der Waals surface area contributed by atoms with Crippen molar-refractivity contribution in [3.8, 4) is 5.75 Å². The summed E-state index contributed by atoms with van der Waals surface area (Å²) in [6.07, 6.45) is 0. The highest BCUT2D eigenvalue weighted by Gasteiger charge is 2.09. The van der Waals surface area contributed by atoms with Gasteiger partial charge in [0.2, 0.25) is 0 Å². The summed E-state index contributed by atoms with van der Waals surface area (Å²) in [5.41, 5.74) is 2.79. The van der Waals surface area contributed by atoms with Crippen molar-refractivity contribution in [2.45, 2.75) is 13.2 Å². The van der Waals surface area contributed by atoms with Crippen molar-refractivity contribution in [3.05, 3.63) is 91.9 Å².